The molecule has 104 valence electrons. The Labute approximate surface area is 114 Å². The normalized spacial score (nSPS) is 15.5. The zero-order chi connectivity index (χ0) is 13.7. The van der Waals surface area contributed by atoms with Gasteiger partial charge in [-0.1, -0.05) is 25.0 Å². The van der Waals surface area contributed by atoms with Crippen molar-refractivity contribution in [2.24, 2.45) is 0 Å². The minimum absolute atomic E-state index is 0.157. The van der Waals surface area contributed by atoms with E-state index in [1.807, 2.05) is 25.1 Å². The molecule has 0 spiro atoms. The summed E-state index contributed by atoms with van der Waals surface area (Å²) in [4.78, 5) is 11.7. The largest absolute Gasteiger partial charge is 0.496 e. The molecule has 1 aliphatic rings. The summed E-state index contributed by atoms with van der Waals surface area (Å²) in [6.07, 6.45) is 5.26. The van der Waals surface area contributed by atoms with Gasteiger partial charge in [-0.3, -0.25) is 4.79 Å². The summed E-state index contributed by atoms with van der Waals surface area (Å²) in [5, 5.41) is 0. The van der Waals surface area contributed by atoms with E-state index in [1.54, 1.807) is 7.11 Å². The lowest BCUT2D eigenvalue weighted by Crippen LogP contribution is -2.11. The average Bonchev–Trinajstić information content (AvgIpc) is 2.92. The van der Waals surface area contributed by atoms with E-state index in [1.165, 1.54) is 31.2 Å². The Balaban J connectivity index is 2.28. The molecule has 1 saturated carbocycles. The number of carbonyl (C=O) groups is 1. The summed E-state index contributed by atoms with van der Waals surface area (Å²) in [6, 6.07) is 5.96. The van der Waals surface area contributed by atoms with E-state index in [9.17, 15) is 4.79 Å². The molecule has 0 heterocycles. The van der Waals surface area contributed by atoms with Gasteiger partial charge in [-0.05, 0) is 37.3 Å². The SMILES string of the molecule is CCOC(=O)Cc1cccc(OC)c1C1CCCC1. The molecule has 3 nitrogen and oxygen atoms in total. The molecule has 0 bridgehead atoms. The summed E-state index contributed by atoms with van der Waals surface area (Å²) in [7, 11) is 1.70. The number of ether oxygens (including phenoxy) is 2. The lowest BCUT2D eigenvalue weighted by Gasteiger charge is -2.18. The molecule has 1 aromatic rings. The van der Waals surface area contributed by atoms with E-state index < -0.39 is 0 Å². The first-order chi connectivity index (χ1) is 9.26. The number of esters is 1. The monoisotopic (exact) mass is 262 g/mol. The number of benzene rings is 1. The molecule has 1 fully saturated rings. The van der Waals surface area contributed by atoms with Crippen LogP contribution in [-0.4, -0.2) is 19.7 Å². The van der Waals surface area contributed by atoms with Gasteiger partial charge in [0.1, 0.15) is 5.75 Å². The van der Waals surface area contributed by atoms with Crippen molar-refractivity contribution in [2.45, 2.75) is 44.9 Å². The Hall–Kier alpha value is -1.51. The second-order valence-electron chi connectivity index (χ2n) is 5.00. The lowest BCUT2D eigenvalue weighted by molar-refractivity contribution is -0.142. The van der Waals surface area contributed by atoms with E-state index in [0.717, 1.165) is 11.3 Å². The molecule has 3 heteroatoms. The maximum absolute atomic E-state index is 11.7. The smallest absolute Gasteiger partial charge is 0.310 e. The fourth-order valence-electron chi connectivity index (χ4n) is 2.97. The predicted molar refractivity (Wildman–Crippen MR) is 74.5 cm³/mol. The van der Waals surface area contributed by atoms with Crippen LogP contribution in [0.5, 0.6) is 5.75 Å². The molecule has 1 aliphatic carbocycles. The molecule has 1 aromatic carbocycles. The average molecular weight is 262 g/mol. The van der Waals surface area contributed by atoms with E-state index in [4.69, 9.17) is 9.47 Å². The van der Waals surface area contributed by atoms with Gasteiger partial charge in [0.15, 0.2) is 0 Å². The highest BCUT2D eigenvalue weighted by molar-refractivity contribution is 5.73. The fourth-order valence-corrected chi connectivity index (χ4v) is 2.97. The van der Waals surface area contributed by atoms with Crippen molar-refractivity contribution in [3.05, 3.63) is 29.3 Å². The third-order valence-corrected chi connectivity index (χ3v) is 3.78. The standard InChI is InChI=1S/C16H22O3/c1-3-19-15(17)11-13-9-6-10-14(18-2)16(13)12-7-4-5-8-12/h6,9-10,12H,3-5,7-8,11H2,1-2H3. The van der Waals surface area contributed by atoms with Gasteiger partial charge < -0.3 is 9.47 Å². The lowest BCUT2D eigenvalue weighted by atomic mass is 9.90. The van der Waals surface area contributed by atoms with Crippen LogP contribution < -0.4 is 4.74 Å². The first-order valence-electron chi connectivity index (χ1n) is 7.07. The third-order valence-electron chi connectivity index (χ3n) is 3.78. The van der Waals surface area contributed by atoms with Crippen LogP contribution in [0.3, 0.4) is 0 Å². The Morgan fingerprint density at radius 1 is 1.32 bits per heavy atom. The molecular weight excluding hydrogens is 240 g/mol. The van der Waals surface area contributed by atoms with Crippen molar-refractivity contribution in [3.63, 3.8) is 0 Å². The van der Waals surface area contributed by atoms with Crippen molar-refractivity contribution in [1.29, 1.82) is 0 Å². The van der Waals surface area contributed by atoms with Gasteiger partial charge in [0.25, 0.3) is 0 Å². The highest BCUT2D eigenvalue weighted by Crippen LogP contribution is 2.40. The molecule has 2 rings (SSSR count). The summed E-state index contributed by atoms with van der Waals surface area (Å²) >= 11 is 0. The molecule has 0 atom stereocenters. The molecule has 0 aliphatic heterocycles. The van der Waals surface area contributed by atoms with Gasteiger partial charge in [-0.15, -0.1) is 0 Å². The molecule has 0 unspecified atom stereocenters. The van der Waals surface area contributed by atoms with E-state index in [-0.39, 0.29) is 5.97 Å². The van der Waals surface area contributed by atoms with Crippen LogP contribution >= 0.6 is 0 Å². The minimum Gasteiger partial charge on any atom is -0.496 e. The predicted octanol–water partition coefficient (Wildman–Crippen LogP) is 3.46. The number of rotatable bonds is 5. The van der Waals surface area contributed by atoms with Gasteiger partial charge in [-0.25, -0.2) is 0 Å². The fraction of sp³-hybridized carbons (Fsp3) is 0.562. The molecule has 0 radical (unpaired) electrons. The Morgan fingerprint density at radius 3 is 2.68 bits per heavy atom. The van der Waals surface area contributed by atoms with Crippen LogP contribution in [0.25, 0.3) is 0 Å². The highest BCUT2D eigenvalue weighted by atomic mass is 16.5. The first kappa shape index (κ1) is 13.9. The van der Waals surface area contributed by atoms with Gasteiger partial charge >= 0.3 is 5.97 Å². The van der Waals surface area contributed by atoms with E-state index in [2.05, 4.69) is 0 Å². The van der Waals surface area contributed by atoms with E-state index in [0.29, 0.717) is 18.9 Å². The van der Waals surface area contributed by atoms with Crippen molar-refractivity contribution in [2.75, 3.05) is 13.7 Å². The number of carbonyl (C=O) groups excluding carboxylic acids is 1. The maximum Gasteiger partial charge on any atom is 0.310 e. The Bertz CT molecular complexity index is 434. The second-order valence-corrected chi connectivity index (χ2v) is 5.00. The molecule has 0 N–H and O–H groups in total. The van der Waals surface area contributed by atoms with Crippen LogP contribution in [0, 0.1) is 0 Å². The topological polar surface area (TPSA) is 35.5 Å². The van der Waals surface area contributed by atoms with Crippen LogP contribution in [0.15, 0.2) is 18.2 Å². The second kappa shape index (κ2) is 6.60. The molecule has 0 amide bonds. The summed E-state index contributed by atoms with van der Waals surface area (Å²) in [6.45, 7) is 2.27. The zero-order valence-corrected chi connectivity index (χ0v) is 11.8. The minimum atomic E-state index is -0.157. The van der Waals surface area contributed by atoms with Gasteiger partial charge in [0, 0.05) is 5.56 Å². The first-order valence-corrected chi connectivity index (χ1v) is 7.07. The van der Waals surface area contributed by atoms with Crippen molar-refractivity contribution in [1.82, 2.24) is 0 Å². The van der Waals surface area contributed by atoms with Crippen molar-refractivity contribution in [3.8, 4) is 5.75 Å². The van der Waals surface area contributed by atoms with Gasteiger partial charge in [0.05, 0.1) is 20.1 Å². The number of hydrogen-bond acceptors (Lipinski definition) is 3. The van der Waals surface area contributed by atoms with Crippen LogP contribution in [0.4, 0.5) is 0 Å². The molecule has 19 heavy (non-hydrogen) atoms. The molecular formula is C16H22O3. The van der Waals surface area contributed by atoms with Gasteiger partial charge in [0.2, 0.25) is 0 Å². The van der Waals surface area contributed by atoms with E-state index >= 15 is 0 Å². The van der Waals surface area contributed by atoms with Gasteiger partial charge in [-0.2, -0.15) is 0 Å². The Kier molecular flexibility index (Phi) is 4.83. The van der Waals surface area contributed by atoms with Crippen molar-refractivity contribution < 1.29 is 14.3 Å². The van der Waals surface area contributed by atoms with Crippen molar-refractivity contribution >= 4 is 5.97 Å². The summed E-state index contributed by atoms with van der Waals surface area (Å²) < 4.78 is 10.5. The van der Waals surface area contributed by atoms with Crippen LogP contribution in [0.2, 0.25) is 0 Å². The summed E-state index contributed by atoms with van der Waals surface area (Å²) in [5.74, 6) is 1.28. The quantitative estimate of drug-likeness (QED) is 0.762. The molecule has 0 saturated heterocycles. The number of methoxy groups -OCH3 is 1. The maximum atomic E-state index is 11.7. The summed E-state index contributed by atoms with van der Waals surface area (Å²) in [5.41, 5.74) is 2.28. The number of hydrogen-bond donors (Lipinski definition) is 0. The third kappa shape index (κ3) is 3.28. The molecule has 0 aromatic heterocycles. The van der Waals surface area contributed by atoms with Crippen LogP contribution in [0.1, 0.15) is 49.7 Å². The highest BCUT2D eigenvalue weighted by Gasteiger charge is 2.24. The zero-order valence-electron chi connectivity index (χ0n) is 11.8. The Morgan fingerprint density at radius 2 is 2.05 bits per heavy atom. The van der Waals surface area contributed by atoms with Crippen LogP contribution in [-0.2, 0) is 16.0 Å².